The largest absolute Gasteiger partial charge is 0.497 e. The monoisotopic (exact) mass is 326 g/mol. The molecule has 18 heavy (non-hydrogen) atoms. The van der Waals surface area contributed by atoms with Gasteiger partial charge in [0.05, 0.1) is 13.2 Å². The van der Waals surface area contributed by atoms with Crippen LogP contribution in [0.3, 0.4) is 0 Å². The standard InChI is InChI=1S/C13H15BrN2OS/c1-17-10-4-2-9(3-5-10)8-12(16-15)13-11(14)6-7-18-13/h2-7,12,16H,8,15H2,1H3. The molecule has 0 radical (unpaired) electrons. The molecule has 5 heteroatoms. The molecule has 1 aromatic carbocycles. The van der Waals surface area contributed by atoms with Gasteiger partial charge in [0.15, 0.2) is 0 Å². The highest BCUT2D eigenvalue weighted by molar-refractivity contribution is 9.10. The molecule has 0 bridgehead atoms. The van der Waals surface area contributed by atoms with Gasteiger partial charge in [-0.1, -0.05) is 12.1 Å². The number of ether oxygens (including phenoxy) is 1. The first-order valence-corrected chi connectivity index (χ1v) is 7.24. The Balaban J connectivity index is 2.13. The molecule has 0 spiro atoms. The van der Waals surface area contributed by atoms with E-state index in [0.29, 0.717) is 0 Å². The van der Waals surface area contributed by atoms with Crippen molar-refractivity contribution >= 4 is 27.3 Å². The molecule has 1 atom stereocenters. The van der Waals surface area contributed by atoms with E-state index in [2.05, 4.69) is 38.9 Å². The van der Waals surface area contributed by atoms with Gasteiger partial charge >= 0.3 is 0 Å². The number of benzene rings is 1. The van der Waals surface area contributed by atoms with Gasteiger partial charge in [0.2, 0.25) is 0 Å². The van der Waals surface area contributed by atoms with E-state index in [9.17, 15) is 0 Å². The molecule has 0 saturated heterocycles. The zero-order chi connectivity index (χ0) is 13.0. The maximum Gasteiger partial charge on any atom is 0.118 e. The van der Waals surface area contributed by atoms with Crippen molar-refractivity contribution in [3.05, 3.63) is 50.6 Å². The molecule has 0 fully saturated rings. The second-order valence-corrected chi connectivity index (χ2v) is 5.71. The van der Waals surface area contributed by atoms with E-state index in [4.69, 9.17) is 10.6 Å². The molecule has 3 N–H and O–H groups in total. The third-order valence-electron chi connectivity index (χ3n) is 2.76. The van der Waals surface area contributed by atoms with E-state index in [1.807, 2.05) is 18.2 Å². The van der Waals surface area contributed by atoms with Crippen molar-refractivity contribution in [2.24, 2.45) is 5.84 Å². The van der Waals surface area contributed by atoms with E-state index >= 15 is 0 Å². The fourth-order valence-electron chi connectivity index (χ4n) is 1.78. The molecule has 0 aliphatic heterocycles. The van der Waals surface area contributed by atoms with Gasteiger partial charge in [-0.05, 0) is 51.5 Å². The summed E-state index contributed by atoms with van der Waals surface area (Å²) in [6.45, 7) is 0. The summed E-state index contributed by atoms with van der Waals surface area (Å²) in [5, 5.41) is 2.05. The summed E-state index contributed by atoms with van der Waals surface area (Å²) >= 11 is 5.23. The Kier molecular flexibility index (Phi) is 4.77. The summed E-state index contributed by atoms with van der Waals surface area (Å²) < 4.78 is 6.25. The van der Waals surface area contributed by atoms with Crippen molar-refractivity contribution in [1.29, 1.82) is 0 Å². The average molecular weight is 327 g/mol. The van der Waals surface area contributed by atoms with Crippen LogP contribution in [0.4, 0.5) is 0 Å². The maximum atomic E-state index is 5.65. The summed E-state index contributed by atoms with van der Waals surface area (Å²) in [7, 11) is 1.67. The molecule has 2 rings (SSSR count). The van der Waals surface area contributed by atoms with Gasteiger partial charge in [-0.25, -0.2) is 0 Å². The van der Waals surface area contributed by atoms with E-state index in [1.165, 1.54) is 10.4 Å². The Morgan fingerprint density at radius 3 is 2.56 bits per heavy atom. The first-order chi connectivity index (χ1) is 8.74. The lowest BCUT2D eigenvalue weighted by Gasteiger charge is -2.15. The first-order valence-electron chi connectivity index (χ1n) is 5.56. The number of hydrogen-bond donors (Lipinski definition) is 2. The molecule has 2 aromatic rings. The number of thiophene rings is 1. The van der Waals surface area contributed by atoms with Gasteiger partial charge in [-0.3, -0.25) is 11.3 Å². The second-order valence-electron chi connectivity index (χ2n) is 3.90. The molecular formula is C13H15BrN2OS. The van der Waals surface area contributed by atoms with Crippen LogP contribution >= 0.6 is 27.3 Å². The third-order valence-corrected chi connectivity index (χ3v) is 4.75. The summed E-state index contributed by atoms with van der Waals surface area (Å²) in [4.78, 5) is 1.22. The molecule has 0 amide bonds. The Labute approximate surface area is 119 Å². The fourth-order valence-corrected chi connectivity index (χ4v) is 3.49. The highest BCUT2D eigenvalue weighted by atomic mass is 79.9. The van der Waals surface area contributed by atoms with Gasteiger partial charge in [0, 0.05) is 9.35 Å². The van der Waals surface area contributed by atoms with Crippen LogP contribution in [0.5, 0.6) is 5.75 Å². The minimum Gasteiger partial charge on any atom is -0.497 e. The summed E-state index contributed by atoms with van der Waals surface area (Å²) in [5.41, 5.74) is 4.09. The molecule has 3 nitrogen and oxygen atoms in total. The lowest BCUT2D eigenvalue weighted by Crippen LogP contribution is -2.29. The molecule has 0 saturated carbocycles. The molecule has 1 heterocycles. The summed E-state index contributed by atoms with van der Waals surface area (Å²) in [6.07, 6.45) is 0.847. The van der Waals surface area contributed by atoms with Crippen LogP contribution in [0.15, 0.2) is 40.2 Å². The van der Waals surface area contributed by atoms with Crippen LogP contribution in [0.2, 0.25) is 0 Å². The number of nitrogens with one attached hydrogen (secondary N) is 1. The number of halogens is 1. The lowest BCUT2D eigenvalue weighted by atomic mass is 10.1. The Morgan fingerprint density at radius 2 is 2.06 bits per heavy atom. The Morgan fingerprint density at radius 1 is 1.33 bits per heavy atom. The minimum atomic E-state index is 0.118. The van der Waals surface area contributed by atoms with Crippen molar-refractivity contribution in [2.75, 3.05) is 7.11 Å². The van der Waals surface area contributed by atoms with Gasteiger partial charge < -0.3 is 4.74 Å². The molecule has 0 aliphatic carbocycles. The van der Waals surface area contributed by atoms with Crippen molar-refractivity contribution in [3.63, 3.8) is 0 Å². The topological polar surface area (TPSA) is 47.3 Å². The van der Waals surface area contributed by atoms with Gasteiger partial charge in [-0.15, -0.1) is 11.3 Å². The number of rotatable bonds is 5. The van der Waals surface area contributed by atoms with Crippen LogP contribution in [-0.4, -0.2) is 7.11 Å². The number of hydrazine groups is 1. The molecule has 1 aromatic heterocycles. The zero-order valence-electron chi connectivity index (χ0n) is 10.0. The summed E-state index contributed by atoms with van der Waals surface area (Å²) in [6, 6.07) is 10.2. The predicted octanol–water partition coefficient (Wildman–Crippen LogP) is 3.27. The normalized spacial score (nSPS) is 12.4. The minimum absolute atomic E-state index is 0.118. The van der Waals surface area contributed by atoms with Crippen LogP contribution in [0, 0.1) is 0 Å². The van der Waals surface area contributed by atoms with Crippen LogP contribution in [-0.2, 0) is 6.42 Å². The average Bonchev–Trinajstić information content (AvgIpc) is 2.83. The SMILES string of the molecule is COc1ccc(CC(NN)c2sccc2Br)cc1. The van der Waals surface area contributed by atoms with E-state index in [-0.39, 0.29) is 6.04 Å². The van der Waals surface area contributed by atoms with Crippen molar-refractivity contribution in [2.45, 2.75) is 12.5 Å². The number of methoxy groups -OCH3 is 1. The molecule has 96 valence electrons. The molecule has 1 unspecified atom stereocenters. The maximum absolute atomic E-state index is 5.65. The van der Waals surface area contributed by atoms with E-state index in [1.54, 1.807) is 18.4 Å². The van der Waals surface area contributed by atoms with E-state index < -0.39 is 0 Å². The van der Waals surface area contributed by atoms with Gasteiger partial charge in [0.25, 0.3) is 0 Å². The number of hydrogen-bond acceptors (Lipinski definition) is 4. The smallest absolute Gasteiger partial charge is 0.118 e. The quantitative estimate of drug-likeness (QED) is 0.654. The van der Waals surface area contributed by atoms with Crippen LogP contribution < -0.4 is 16.0 Å². The van der Waals surface area contributed by atoms with E-state index in [0.717, 1.165) is 16.6 Å². The van der Waals surface area contributed by atoms with Crippen molar-refractivity contribution < 1.29 is 4.74 Å². The Hall–Kier alpha value is -0.880. The highest BCUT2D eigenvalue weighted by Crippen LogP contribution is 2.30. The van der Waals surface area contributed by atoms with Gasteiger partial charge in [-0.2, -0.15) is 0 Å². The van der Waals surface area contributed by atoms with Gasteiger partial charge in [0.1, 0.15) is 5.75 Å². The molecule has 0 aliphatic rings. The second kappa shape index (κ2) is 6.33. The molecular weight excluding hydrogens is 312 g/mol. The van der Waals surface area contributed by atoms with Crippen molar-refractivity contribution in [1.82, 2.24) is 5.43 Å². The van der Waals surface area contributed by atoms with Crippen molar-refractivity contribution in [3.8, 4) is 5.75 Å². The number of nitrogens with two attached hydrogens (primary N) is 1. The lowest BCUT2D eigenvalue weighted by molar-refractivity contribution is 0.414. The Bertz CT molecular complexity index is 498. The van der Waals surface area contributed by atoms with Crippen LogP contribution in [0.25, 0.3) is 0 Å². The summed E-state index contributed by atoms with van der Waals surface area (Å²) in [5.74, 6) is 6.52. The first kappa shape index (κ1) is 13.5. The van der Waals surface area contributed by atoms with Crippen LogP contribution in [0.1, 0.15) is 16.5 Å². The third kappa shape index (κ3) is 3.11. The predicted molar refractivity (Wildman–Crippen MR) is 78.8 cm³/mol. The fraction of sp³-hybridized carbons (Fsp3) is 0.231. The highest BCUT2D eigenvalue weighted by Gasteiger charge is 2.15. The zero-order valence-corrected chi connectivity index (χ0v) is 12.4.